The van der Waals surface area contributed by atoms with E-state index in [-0.39, 0.29) is 12.5 Å². The van der Waals surface area contributed by atoms with Gasteiger partial charge in [0.05, 0.1) is 19.4 Å². The van der Waals surface area contributed by atoms with E-state index >= 15 is 0 Å². The summed E-state index contributed by atoms with van der Waals surface area (Å²) in [7, 11) is 0. The zero-order valence-electron chi connectivity index (χ0n) is 9.96. The third-order valence-electron chi connectivity index (χ3n) is 2.58. The van der Waals surface area contributed by atoms with E-state index in [1.165, 1.54) is 0 Å². The molecule has 1 atom stereocenters. The van der Waals surface area contributed by atoms with Crippen molar-refractivity contribution in [2.75, 3.05) is 13.2 Å². The van der Waals surface area contributed by atoms with Gasteiger partial charge in [0.15, 0.2) is 5.60 Å². The van der Waals surface area contributed by atoms with E-state index < -0.39 is 24.2 Å². The van der Waals surface area contributed by atoms with Crippen molar-refractivity contribution >= 4 is 5.91 Å². The number of rotatable bonds is 6. The molecule has 2 N–H and O–H groups in total. The van der Waals surface area contributed by atoms with Crippen molar-refractivity contribution in [2.24, 2.45) is 5.92 Å². The monoisotopic (exact) mass is 267 g/mol. The van der Waals surface area contributed by atoms with Gasteiger partial charge >= 0.3 is 6.18 Å². The Kier molecular flexibility index (Phi) is 4.61. The van der Waals surface area contributed by atoms with Crippen molar-refractivity contribution in [2.45, 2.75) is 31.5 Å². The van der Waals surface area contributed by atoms with Gasteiger partial charge in [0, 0.05) is 5.92 Å². The number of carbonyl (C=O) groups is 1. The van der Waals surface area contributed by atoms with E-state index in [4.69, 9.17) is 0 Å². The molecule has 4 nitrogen and oxygen atoms in total. The average molecular weight is 267 g/mol. The van der Waals surface area contributed by atoms with Gasteiger partial charge in [-0.15, -0.1) is 0 Å². The highest BCUT2D eigenvalue weighted by Crippen LogP contribution is 2.32. The van der Waals surface area contributed by atoms with Crippen molar-refractivity contribution < 1.29 is 27.8 Å². The van der Waals surface area contributed by atoms with E-state index in [9.17, 15) is 23.1 Å². The zero-order chi connectivity index (χ0) is 13.8. The fourth-order valence-corrected chi connectivity index (χ4v) is 1.22. The molecule has 1 aliphatic carbocycles. The summed E-state index contributed by atoms with van der Waals surface area (Å²) >= 11 is 0. The highest BCUT2D eigenvalue weighted by Gasteiger charge is 2.52. The molecule has 0 bridgehead atoms. The molecule has 1 rings (SSSR count). The van der Waals surface area contributed by atoms with Crippen LogP contribution in [0.25, 0.3) is 0 Å². The third-order valence-corrected chi connectivity index (χ3v) is 2.58. The maximum absolute atomic E-state index is 12.7. The van der Waals surface area contributed by atoms with Crippen LogP contribution >= 0.6 is 0 Å². The summed E-state index contributed by atoms with van der Waals surface area (Å²) in [6.45, 7) is 0.889. The summed E-state index contributed by atoms with van der Waals surface area (Å²) < 4.78 is 42.7. The standard InChI is InChI=1S/C11H16F3NO3/c1-2-18-6-5-10(17,11(12,13)14)7-15-9(16)8-3-4-8/h5-6,8,17H,2-4,7H2,1H3,(H,15,16)/b6-5+. The number of hydrogen-bond donors (Lipinski definition) is 2. The molecule has 1 saturated carbocycles. The van der Waals surface area contributed by atoms with Crippen molar-refractivity contribution in [1.29, 1.82) is 0 Å². The first-order chi connectivity index (χ1) is 8.30. The molecule has 1 fully saturated rings. The number of amides is 1. The van der Waals surface area contributed by atoms with Gasteiger partial charge in [-0.2, -0.15) is 13.2 Å². The fraction of sp³-hybridized carbons (Fsp3) is 0.727. The van der Waals surface area contributed by atoms with E-state index in [2.05, 4.69) is 10.1 Å². The van der Waals surface area contributed by atoms with Crippen LogP contribution in [0, 0.1) is 5.92 Å². The van der Waals surface area contributed by atoms with Crippen LogP contribution in [0.2, 0.25) is 0 Å². The first-order valence-corrected chi connectivity index (χ1v) is 5.66. The Hall–Kier alpha value is -1.24. The quantitative estimate of drug-likeness (QED) is 0.714. The van der Waals surface area contributed by atoms with E-state index in [1.54, 1.807) is 6.92 Å². The molecular formula is C11H16F3NO3. The van der Waals surface area contributed by atoms with Crippen LogP contribution in [0.15, 0.2) is 12.3 Å². The molecular weight excluding hydrogens is 251 g/mol. The van der Waals surface area contributed by atoms with Crippen LogP contribution in [0.3, 0.4) is 0 Å². The Balaban J connectivity index is 2.61. The van der Waals surface area contributed by atoms with Crippen molar-refractivity contribution in [1.82, 2.24) is 5.32 Å². The molecule has 18 heavy (non-hydrogen) atoms. The maximum Gasteiger partial charge on any atom is 0.422 e. The SMILES string of the molecule is CCO/C=C/C(O)(CNC(=O)C1CC1)C(F)(F)F. The molecule has 7 heteroatoms. The highest BCUT2D eigenvalue weighted by atomic mass is 19.4. The minimum atomic E-state index is -4.88. The zero-order valence-corrected chi connectivity index (χ0v) is 9.96. The van der Waals surface area contributed by atoms with E-state index in [0.717, 1.165) is 6.26 Å². The third kappa shape index (κ3) is 3.90. The molecule has 0 aromatic heterocycles. The van der Waals surface area contributed by atoms with Crippen molar-refractivity contribution in [3.05, 3.63) is 12.3 Å². The molecule has 0 aliphatic heterocycles. The van der Waals surface area contributed by atoms with Gasteiger partial charge in [-0.05, 0) is 25.8 Å². The summed E-state index contributed by atoms with van der Waals surface area (Å²) in [4.78, 5) is 11.3. The van der Waals surface area contributed by atoms with Gasteiger partial charge in [0.1, 0.15) is 0 Å². The van der Waals surface area contributed by atoms with Gasteiger partial charge in [-0.1, -0.05) is 0 Å². The number of ether oxygens (including phenoxy) is 1. The summed E-state index contributed by atoms with van der Waals surface area (Å²) in [5.41, 5.74) is -3.10. The van der Waals surface area contributed by atoms with Gasteiger partial charge < -0.3 is 15.2 Å². The summed E-state index contributed by atoms with van der Waals surface area (Å²) in [5.74, 6) is -0.666. The molecule has 0 saturated heterocycles. The summed E-state index contributed by atoms with van der Waals surface area (Å²) in [6, 6.07) is 0. The molecule has 0 heterocycles. The normalized spacial score (nSPS) is 19.6. The second-order valence-corrected chi connectivity index (χ2v) is 4.17. The van der Waals surface area contributed by atoms with Gasteiger partial charge in [-0.3, -0.25) is 4.79 Å². The highest BCUT2D eigenvalue weighted by molar-refractivity contribution is 5.80. The van der Waals surface area contributed by atoms with Crippen LogP contribution in [0.5, 0.6) is 0 Å². The fourth-order valence-electron chi connectivity index (χ4n) is 1.22. The Morgan fingerprint density at radius 1 is 1.50 bits per heavy atom. The second kappa shape index (κ2) is 5.60. The number of nitrogens with one attached hydrogen (secondary N) is 1. The number of alkyl halides is 3. The van der Waals surface area contributed by atoms with Gasteiger partial charge in [0.2, 0.25) is 5.91 Å². The molecule has 0 aromatic rings. The number of hydrogen-bond acceptors (Lipinski definition) is 3. The lowest BCUT2D eigenvalue weighted by Gasteiger charge is -2.27. The smallest absolute Gasteiger partial charge is 0.422 e. The summed E-state index contributed by atoms with van der Waals surface area (Å²) in [5, 5.41) is 11.6. The second-order valence-electron chi connectivity index (χ2n) is 4.17. The molecule has 1 unspecified atom stereocenters. The van der Waals surface area contributed by atoms with E-state index in [1.807, 2.05) is 0 Å². The first kappa shape index (κ1) is 14.8. The predicted molar refractivity (Wildman–Crippen MR) is 57.5 cm³/mol. The van der Waals surface area contributed by atoms with Crippen LogP contribution in [-0.4, -0.2) is 35.9 Å². The van der Waals surface area contributed by atoms with Crippen LogP contribution < -0.4 is 5.32 Å². The number of halogens is 3. The lowest BCUT2D eigenvalue weighted by atomic mass is 10.0. The molecule has 104 valence electrons. The minimum Gasteiger partial charge on any atom is -0.502 e. The largest absolute Gasteiger partial charge is 0.502 e. The Morgan fingerprint density at radius 3 is 2.56 bits per heavy atom. The topological polar surface area (TPSA) is 58.6 Å². The van der Waals surface area contributed by atoms with E-state index in [0.29, 0.717) is 18.9 Å². The van der Waals surface area contributed by atoms with Gasteiger partial charge in [-0.25, -0.2) is 0 Å². The molecule has 0 aromatic carbocycles. The maximum atomic E-state index is 12.7. The van der Waals surface area contributed by atoms with Crippen molar-refractivity contribution in [3.63, 3.8) is 0 Å². The Bertz CT molecular complexity index is 326. The molecule has 1 amide bonds. The molecule has 1 aliphatic rings. The van der Waals surface area contributed by atoms with Crippen LogP contribution in [0.4, 0.5) is 13.2 Å². The first-order valence-electron chi connectivity index (χ1n) is 5.66. The predicted octanol–water partition coefficient (Wildman–Crippen LogP) is 1.36. The minimum absolute atomic E-state index is 0.193. The summed E-state index contributed by atoms with van der Waals surface area (Å²) in [6.07, 6.45) is -2.21. The number of carbonyl (C=O) groups excluding carboxylic acids is 1. The lowest BCUT2D eigenvalue weighted by molar-refractivity contribution is -0.237. The Morgan fingerprint density at radius 2 is 2.11 bits per heavy atom. The van der Waals surface area contributed by atoms with Crippen molar-refractivity contribution in [3.8, 4) is 0 Å². The lowest BCUT2D eigenvalue weighted by Crippen LogP contribution is -2.52. The molecule has 0 spiro atoms. The van der Waals surface area contributed by atoms with Gasteiger partial charge in [0.25, 0.3) is 0 Å². The average Bonchev–Trinajstić information content (AvgIpc) is 3.08. The number of aliphatic hydroxyl groups is 1. The van der Waals surface area contributed by atoms with Crippen LogP contribution in [0.1, 0.15) is 19.8 Å². The molecule has 0 radical (unpaired) electrons. The Labute approximate surface area is 103 Å². The van der Waals surface area contributed by atoms with Crippen LogP contribution in [-0.2, 0) is 9.53 Å².